The van der Waals surface area contributed by atoms with Gasteiger partial charge in [-0.1, -0.05) is 6.07 Å². The fraction of sp³-hybridized carbons (Fsp3) is 0.409. The van der Waals surface area contributed by atoms with Gasteiger partial charge in [0.05, 0.1) is 28.4 Å². The Hall–Kier alpha value is -3.16. The van der Waals surface area contributed by atoms with Crippen LogP contribution in [0.4, 0.5) is 4.39 Å². The topological polar surface area (TPSA) is 64.6 Å². The molecule has 0 aromatic heterocycles. The quantitative estimate of drug-likeness (QED) is 0.498. The molecule has 8 heteroatoms. The molecule has 0 heterocycles. The lowest BCUT2D eigenvalue weighted by molar-refractivity contribution is 0.368. The Morgan fingerprint density at radius 2 is 1.60 bits per heavy atom. The molecule has 0 saturated carbocycles. The molecular weight excluding hydrogens is 389 g/mol. The smallest absolute Gasteiger partial charge is 0.193 e. The van der Waals surface area contributed by atoms with Gasteiger partial charge in [0.1, 0.15) is 17.2 Å². The molecule has 0 aliphatic rings. The maximum atomic E-state index is 13.9. The summed E-state index contributed by atoms with van der Waals surface area (Å²) in [4.78, 5) is 6.23. The molecule has 2 aromatic rings. The van der Waals surface area contributed by atoms with Crippen molar-refractivity contribution in [1.82, 2.24) is 10.2 Å². The highest BCUT2D eigenvalue weighted by Crippen LogP contribution is 2.34. The zero-order valence-electron chi connectivity index (χ0n) is 18.4. The van der Waals surface area contributed by atoms with Crippen molar-refractivity contribution in [2.24, 2.45) is 4.99 Å². The fourth-order valence-electron chi connectivity index (χ4n) is 3.17. The van der Waals surface area contributed by atoms with Crippen LogP contribution in [0.3, 0.4) is 0 Å². The van der Waals surface area contributed by atoms with Crippen LogP contribution < -0.4 is 24.3 Å². The van der Waals surface area contributed by atoms with Crippen LogP contribution in [0.1, 0.15) is 11.1 Å². The summed E-state index contributed by atoms with van der Waals surface area (Å²) in [5.41, 5.74) is 1.75. The van der Waals surface area contributed by atoms with Crippen LogP contribution in [0.25, 0.3) is 0 Å². The molecular formula is C22H30FN3O4. The molecule has 0 spiro atoms. The van der Waals surface area contributed by atoms with E-state index in [4.69, 9.17) is 18.9 Å². The Labute approximate surface area is 177 Å². The van der Waals surface area contributed by atoms with Gasteiger partial charge in [0.25, 0.3) is 0 Å². The van der Waals surface area contributed by atoms with Crippen molar-refractivity contribution in [2.75, 3.05) is 49.1 Å². The lowest BCUT2D eigenvalue weighted by atomic mass is 10.1. The van der Waals surface area contributed by atoms with E-state index in [1.165, 1.54) is 13.2 Å². The zero-order valence-corrected chi connectivity index (χ0v) is 18.4. The second-order valence-electron chi connectivity index (χ2n) is 6.56. The van der Waals surface area contributed by atoms with E-state index in [0.717, 1.165) is 11.1 Å². The number of aliphatic imine (C=N–C) groups is 1. The molecule has 0 fully saturated rings. The third kappa shape index (κ3) is 5.68. The van der Waals surface area contributed by atoms with E-state index in [1.807, 2.05) is 30.1 Å². The SMILES string of the molecule is CN=C(NCCc1c(OC)cc(OC)cc1OC)N(C)Cc1ccc(OC)c(F)c1. The summed E-state index contributed by atoms with van der Waals surface area (Å²) in [6.07, 6.45) is 0.653. The van der Waals surface area contributed by atoms with E-state index < -0.39 is 0 Å². The number of benzene rings is 2. The summed E-state index contributed by atoms with van der Waals surface area (Å²) >= 11 is 0. The largest absolute Gasteiger partial charge is 0.496 e. The molecule has 0 saturated heterocycles. The van der Waals surface area contributed by atoms with Crippen molar-refractivity contribution >= 4 is 5.96 Å². The van der Waals surface area contributed by atoms with E-state index in [2.05, 4.69) is 10.3 Å². The minimum absolute atomic E-state index is 0.228. The Balaban J connectivity index is 2.03. The second-order valence-corrected chi connectivity index (χ2v) is 6.56. The van der Waals surface area contributed by atoms with Gasteiger partial charge in [-0.25, -0.2) is 4.39 Å². The van der Waals surface area contributed by atoms with E-state index in [1.54, 1.807) is 34.4 Å². The molecule has 7 nitrogen and oxygen atoms in total. The number of nitrogens with one attached hydrogen (secondary N) is 1. The molecule has 0 amide bonds. The van der Waals surface area contributed by atoms with Gasteiger partial charge in [-0.2, -0.15) is 0 Å². The van der Waals surface area contributed by atoms with E-state index in [0.29, 0.717) is 42.7 Å². The van der Waals surface area contributed by atoms with Crippen molar-refractivity contribution < 1.29 is 23.3 Å². The number of guanidine groups is 1. The summed E-state index contributed by atoms with van der Waals surface area (Å²) in [5, 5.41) is 3.32. The number of hydrogen-bond donors (Lipinski definition) is 1. The Bertz CT molecular complexity index is 848. The van der Waals surface area contributed by atoms with Crippen molar-refractivity contribution in [1.29, 1.82) is 0 Å². The van der Waals surface area contributed by atoms with Crippen molar-refractivity contribution in [3.8, 4) is 23.0 Å². The highest BCUT2D eigenvalue weighted by atomic mass is 19.1. The normalized spacial score (nSPS) is 11.1. The molecule has 2 aromatic carbocycles. The molecule has 0 bridgehead atoms. The monoisotopic (exact) mass is 419 g/mol. The molecule has 0 radical (unpaired) electrons. The molecule has 0 atom stereocenters. The number of nitrogens with zero attached hydrogens (tertiary/aromatic N) is 2. The second kappa shape index (κ2) is 11.1. The molecule has 1 N–H and O–H groups in total. The molecule has 164 valence electrons. The molecule has 0 unspecified atom stereocenters. The number of methoxy groups -OCH3 is 4. The summed E-state index contributed by atoms with van der Waals surface area (Å²) in [5.74, 6) is 2.60. The number of hydrogen-bond acceptors (Lipinski definition) is 5. The predicted molar refractivity (Wildman–Crippen MR) is 116 cm³/mol. The summed E-state index contributed by atoms with van der Waals surface area (Å²) < 4.78 is 35.2. The Morgan fingerprint density at radius 1 is 0.967 bits per heavy atom. The molecule has 0 aliphatic heterocycles. The first kappa shape index (κ1) is 23.1. The van der Waals surface area contributed by atoms with Crippen LogP contribution in [0.15, 0.2) is 35.3 Å². The Kier molecular flexibility index (Phi) is 8.58. The van der Waals surface area contributed by atoms with Gasteiger partial charge in [0.15, 0.2) is 17.5 Å². The zero-order chi connectivity index (χ0) is 22.1. The van der Waals surface area contributed by atoms with Crippen molar-refractivity contribution in [3.05, 3.63) is 47.3 Å². The van der Waals surface area contributed by atoms with Gasteiger partial charge in [0, 0.05) is 44.9 Å². The predicted octanol–water partition coefficient (Wildman–Crippen LogP) is 3.11. The average molecular weight is 419 g/mol. The maximum absolute atomic E-state index is 13.9. The van der Waals surface area contributed by atoms with Gasteiger partial charge in [-0.15, -0.1) is 0 Å². The minimum atomic E-state index is -0.384. The summed E-state index contributed by atoms with van der Waals surface area (Å²) in [6, 6.07) is 8.58. The van der Waals surface area contributed by atoms with Crippen LogP contribution in [-0.2, 0) is 13.0 Å². The van der Waals surface area contributed by atoms with Gasteiger partial charge in [-0.3, -0.25) is 4.99 Å². The van der Waals surface area contributed by atoms with Crippen LogP contribution >= 0.6 is 0 Å². The van der Waals surface area contributed by atoms with E-state index >= 15 is 0 Å². The third-order valence-electron chi connectivity index (χ3n) is 4.68. The highest BCUT2D eigenvalue weighted by molar-refractivity contribution is 5.79. The average Bonchev–Trinajstić information content (AvgIpc) is 2.76. The van der Waals surface area contributed by atoms with Gasteiger partial charge in [0.2, 0.25) is 0 Å². The van der Waals surface area contributed by atoms with Gasteiger partial charge >= 0.3 is 0 Å². The number of halogens is 1. The lowest BCUT2D eigenvalue weighted by Gasteiger charge is -2.23. The van der Waals surface area contributed by atoms with Gasteiger partial charge in [-0.05, 0) is 24.1 Å². The standard InChI is InChI=1S/C22H30FN3O4/c1-24-22(26(2)14-15-7-8-19(28-4)18(23)11-15)25-10-9-17-20(29-5)12-16(27-3)13-21(17)30-6/h7-8,11-13H,9-10,14H2,1-6H3,(H,24,25). The lowest BCUT2D eigenvalue weighted by Crippen LogP contribution is -2.39. The van der Waals surface area contributed by atoms with Gasteiger partial charge < -0.3 is 29.2 Å². The number of rotatable bonds is 9. The van der Waals surface area contributed by atoms with Crippen LogP contribution in [0.2, 0.25) is 0 Å². The molecule has 2 rings (SSSR count). The Morgan fingerprint density at radius 3 is 2.10 bits per heavy atom. The van der Waals surface area contributed by atoms with Crippen LogP contribution in [0.5, 0.6) is 23.0 Å². The summed E-state index contributed by atoms with van der Waals surface area (Å²) in [7, 11) is 9.89. The van der Waals surface area contributed by atoms with Crippen molar-refractivity contribution in [3.63, 3.8) is 0 Å². The van der Waals surface area contributed by atoms with E-state index in [9.17, 15) is 4.39 Å². The summed E-state index contributed by atoms with van der Waals surface area (Å²) in [6.45, 7) is 1.10. The minimum Gasteiger partial charge on any atom is -0.496 e. The molecule has 30 heavy (non-hydrogen) atoms. The third-order valence-corrected chi connectivity index (χ3v) is 4.68. The number of ether oxygens (including phenoxy) is 4. The fourth-order valence-corrected chi connectivity index (χ4v) is 3.17. The first-order chi connectivity index (χ1) is 14.5. The first-order valence-electron chi connectivity index (χ1n) is 9.50. The van der Waals surface area contributed by atoms with Crippen molar-refractivity contribution in [2.45, 2.75) is 13.0 Å². The highest BCUT2D eigenvalue weighted by Gasteiger charge is 2.14. The first-order valence-corrected chi connectivity index (χ1v) is 9.50. The molecule has 0 aliphatic carbocycles. The van der Waals surface area contributed by atoms with Crippen LogP contribution in [-0.4, -0.2) is 59.9 Å². The van der Waals surface area contributed by atoms with E-state index in [-0.39, 0.29) is 11.6 Å². The van der Waals surface area contributed by atoms with Crippen LogP contribution in [0, 0.1) is 5.82 Å². The maximum Gasteiger partial charge on any atom is 0.193 e.